The second-order valence-corrected chi connectivity index (χ2v) is 6.10. The normalized spacial score (nSPS) is 19.7. The number of hydrogen-bond donors (Lipinski definition) is 2. The second kappa shape index (κ2) is 5.61. The van der Waals surface area contributed by atoms with Gasteiger partial charge in [0.2, 0.25) is 0 Å². The van der Waals surface area contributed by atoms with Crippen LogP contribution in [-0.2, 0) is 0 Å². The van der Waals surface area contributed by atoms with Gasteiger partial charge in [-0.15, -0.1) is 0 Å². The van der Waals surface area contributed by atoms with E-state index in [0.29, 0.717) is 11.7 Å². The Morgan fingerprint density at radius 3 is 3.10 bits per heavy atom. The van der Waals surface area contributed by atoms with Crippen LogP contribution in [0.2, 0.25) is 0 Å². The highest BCUT2D eigenvalue weighted by Gasteiger charge is 2.23. The summed E-state index contributed by atoms with van der Waals surface area (Å²) < 4.78 is 2.87. The molecule has 0 spiro atoms. The summed E-state index contributed by atoms with van der Waals surface area (Å²) in [5.41, 5.74) is 8.68. The highest BCUT2D eigenvalue weighted by Crippen LogP contribution is 2.30. The van der Waals surface area contributed by atoms with Gasteiger partial charge >= 0.3 is 0 Å². The number of aliphatic hydroxyl groups is 1. The Bertz CT molecular complexity index is 610. The predicted molar refractivity (Wildman–Crippen MR) is 84.0 cm³/mol. The Morgan fingerprint density at radius 2 is 2.30 bits per heavy atom. The molecule has 1 saturated heterocycles. The Hall–Kier alpha value is -1.27. The van der Waals surface area contributed by atoms with E-state index >= 15 is 0 Å². The largest absolute Gasteiger partial charge is 0.396 e. The van der Waals surface area contributed by atoms with Gasteiger partial charge in [0, 0.05) is 25.4 Å². The number of imidazole rings is 1. The standard InChI is InChI=1S/C14H19BrN4O/c15-13-8-17-14-12(16)7-11(9-19(13)14)18-5-2-1-3-10(18)4-6-20/h7-10,20H,1-6,16H2. The first-order valence-electron chi connectivity index (χ1n) is 7.00. The molecule has 0 saturated carbocycles. The van der Waals surface area contributed by atoms with Crippen molar-refractivity contribution in [2.75, 3.05) is 23.8 Å². The van der Waals surface area contributed by atoms with Crippen LogP contribution in [0.1, 0.15) is 25.7 Å². The maximum absolute atomic E-state index is 9.25. The fourth-order valence-electron chi connectivity index (χ4n) is 3.02. The number of hydrogen-bond acceptors (Lipinski definition) is 4. The molecule has 6 heteroatoms. The van der Waals surface area contributed by atoms with Gasteiger partial charge in [0.15, 0.2) is 5.65 Å². The zero-order chi connectivity index (χ0) is 14.1. The van der Waals surface area contributed by atoms with E-state index in [0.717, 1.165) is 35.3 Å². The third kappa shape index (κ3) is 2.38. The molecular formula is C14H19BrN4O. The summed E-state index contributed by atoms with van der Waals surface area (Å²) in [6, 6.07) is 2.39. The molecule has 0 amide bonds. The van der Waals surface area contributed by atoms with Crippen molar-refractivity contribution < 1.29 is 5.11 Å². The van der Waals surface area contributed by atoms with Gasteiger partial charge in [0.25, 0.3) is 0 Å². The van der Waals surface area contributed by atoms with E-state index < -0.39 is 0 Å². The van der Waals surface area contributed by atoms with E-state index in [1.807, 2.05) is 10.5 Å². The number of rotatable bonds is 3. The maximum atomic E-state index is 9.25. The number of nitrogens with two attached hydrogens (primary N) is 1. The number of aromatic nitrogens is 2. The second-order valence-electron chi connectivity index (χ2n) is 5.28. The summed E-state index contributed by atoms with van der Waals surface area (Å²) in [7, 11) is 0. The van der Waals surface area contributed by atoms with Crippen molar-refractivity contribution in [3.8, 4) is 0 Å². The quantitative estimate of drug-likeness (QED) is 0.901. The molecule has 108 valence electrons. The number of anilines is 2. The summed E-state index contributed by atoms with van der Waals surface area (Å²) in [6.07, 6.45) is 8.18. The third-order valence-corrected chi connectivity index (χ3v) is 4.58. The number of nitrogens with zero attached hydrogens (tertiary/aromatic N) is 3. The number of nitrogen functional groups attached to an aromatic ring is 1. The number of pyridine rings is 1. The molecule has 0 bridgehead atoms. The van der Waals surface area contributed by atoms with Gasteiger partial charge in [-0.1, -0.05) is 0 Å². The van der Waals surface area contributed by atoms with E-state index in [2.05, 4.69) is 32.0 Å². The van der Waals surface area contributed by atoms with Crippen molar-refractivity contribution >= 4 is 33.0 Å². The molecule has 1 aliphatic heterocycles. The molecule has 20 heavy (non-hydrogen) atoms. The van der Waals surface area contributed by atoms with Crippen LogP contribution in [0.25, 0.3) is 5.65 Å². The Labute approximate surface area is 126 Å². The van der Waals surface area contributed by atoms with Crippen LogP contribution < -0.4 is 10.6 Å². The highest BCUT2D eigenvalue weighted by molar-refractivity contribution is 9.10. The molecule has 2 aromatic rings. The van der Waals surface area contributed by atoms with E-state index in [1.54, 1.807) is 6.20 Å². The first kappa shape index (κ1) is 13.7. The Kier molecular flexibility index (Phi) is 3.85. The van der Waals surface area contributed by atoms with Crippen LogP contribution in [0.15, 0.2) is 23.1 Å². The van der Waals surface area contributed by atoms with Crippen LogP contribution in [0, 0.1) is 0 Å². The molecule has 0 aliphatic carbocycles. The number of piperidine rings is 1. The molecule has 1 fully saturated rings. The van der Waals surface area contributed by atoms with Crippen LogP contribution in [-0.4, -0.2) is 33.7 Å². The average Bonchev–Trinajstić information content (AvgIpc) is 2.82. The Balaban J connectivity index is 2.01. The van der Waals surface area contributed by atoms with Crippen LogP contribution in [0.3, 0.4) is 0 Å². The van der Waals surface area contributed by atoms with Gasteiger partial charge in [0.1, 0.15) is 4.60 Å². The fourth-order valence-corrected chi connectivity index (χ4v) is 3.39. The molecule has 3 heterocycles. The lowest BCUT2D eigenvalue weighted by atomic mass is 9.99. The van der Waals surface area contributed by atoms with Gasteiger partial charge in [-0.3, -0.25) is 4.40 Å². The van der Waals surface area contributed by atoms with Gasteiger partial charge in [0.05, 0.1) is 17.6 Å². The van der Waals surface area contributed by atoms with Gasteiger partial charge in [-0.05, 0) is 47.7 Å². The van der Waals surface area contributed by atoms with Crippen molar-refractivity contribution in [1.82, 2.24) is 9.38 Å². The zero-order valence-corrected chi connectivity index (χ0v) is 12.9. The van der Waals surface area contributed by atoms with Crippen molar-refractivity contribution in [3.05, 3.63) is 23.1 Å². The molecule has 2 aromatic heterocycles. The molecule has 3 N–H and O–H groups in total. The lowest BCUT2D eigenvalue weighted by molar-refractivity contribution is 0.262. The minimum absolute atomic E-state index is 0.230. The van der Waals surface area contributed by atoms with E-state index in [-0.39, 0.29) is 6.61 Å². The predicted octanol–water partition coefficient (Wildman–Crippen LogP) is 2.42. The van der Waals surface area contributed by atoms with Crippen LogP contribution >= 0.6 is 15.9 Å². The summed E-state index contributed by atoms with van der Waals surface area (Å²) >= 11 is 3.49. The molecule has 5 nitrogen and oxygen atoms in total. The average molecular weight is 339 g/mol. The SMILES string of the molecule is Nc1cc(N2CCCCC2CCO)cn2c(Br)cnc12. The number of halogens is 1. The fraction of sp³-hybridized carbons (Fsp3) is 0.500. The molecule has 3 rings (SSSR count). The summed E-state index contributed by atoms with van der Waals surface area (Å²) in [5.74, 6) is 0. The highest BCUT2D eigenvalue weighted by atomic mass is 79.9. The lowest BCUT2D eigenvalue weighted by Gasteiger charge is -2.37. The summed E-state index contributed by atoms with van der Waals surface area (Å²) in [5, 5.41) is 9.25. The van der Waals surface area contributed by atoms with Crippen molar-refractivity contribution in [3.63, 3.8) is 0 Å². The third-order valence-electron chi connectivity index (χ3n) is 4.00. The summed E-state index contributed by atoms with van der Waals surface area (Å²) in [6.45, 7) is 1.25. The molecule has 1 unspecified atom stereocenters. The smallest absolute Gasteiger partial charge is 0.161 e. The van der Waals surface area contributed by atoms with E-state index in [4.69, 9.17) is 5.73 Å². The van der Waals surface area contributed by atoms with Crippen LogP contribution in [0.4, 0.5) is 11.4 Å². The number of fused-ring (bicyclic) bond motifs is 1. The molecule has 1 aliphatic rings. The summed E-state index contributed by atoms with van der Waals surface area (Å²) in [4.78, 5) is 6.66. The van der Waals surface area contributed by atoms with Gasteiger partial charge in [-0.2, -0.15) is 0 Å². The minimum Gasteiger partial charge on any atom is -0.396 e. The topological polar surface area (TPSA) is 66.8 Å². The minimum atomic E-state index is 0.230. The monoisotopic (exact) mass is 338 g/mol. The molecule has 0 radical (unpaired) electrons. The van der Waals surface area contributed by atoms with Crippen LogP contribution in [0.5, 0.6) is 0 Å². The molecule has 1 atom stereocenters. The van der Waals surface area contributed by atoms with Gasteiger partial charge in [-0.25, -0.2) is 4.98 Å². The maximum Gasteiger partial charge on any atom is 0.161 e. The number of aliphatic hydroxyl groups excluding tert-OH is 1. The van der Waals surface area contributed by atoms with Gasteiger partial charge < -0.3 is 15.7 Å². The van der Waals surface area contributed by atoms with Crippen molar-refractivity contribution in [2.45, 2.75) is 31.7 Å². The molecule has 0 aromatic carbocycles. The zero-order valence-electron chi connectivity index (χ0n) is 11.3. The molecular weight excluding hydrogens is 320 g/mol. The van der Waals surface area contributed by atoms with Crippen molar-refractivity contribution in [2.24, 2.45) is 0 Å². The lowest BCUT2D eigenvalue weighted by Crippen LogP contribution is -2.40. The van der Waals surface area contributed by atoms with E-state index in [9.17, 15) is 5.11 Å². The van der Waals surface area contributed by atoms with E-state index in [1.165, 1.54) is 12.8 Å². The first-order chi connectivity index (χ1) is 9.70. The Morgan fingerprint density at radius 1 is 1.45 bits per heavy atom. The first-order valence-corrected chi connectivity index (χ1v) is 7.79. The van der Waals surface area contributed by atoms with Crippen molar-refractivity contribution in [1.29, 1.82) is 0 Å².